The highest BCUT2D eigenvalue weighted by molar-refractivity contribution is 5.96. The fourth-order valence-electron chi connectivity index (χ4n) is 3.42. The summed E-state index contributed by atoms with van der Waals surface area (Å²) in [4.78, 5) is 27.6. The van der Waals surface area contributed by atoms with Gasteiger partial charge in [-0.3, -0.25) is 9.69 Å². The van der Waals surface area contributed by atoms with Crippen LogP contribution in [0.15, 0.2) is 24.3 Å². The summed E-state index contributed by atoms with van der Waals surface area (Å²) in [5.74, 6) is 0.258. The SMILES string of the molecule is O=CC1CCCN(CC(=O)N2CCCc3ccccc32)C1. The molecule has 0 saturated carbocycles. The number of aldehydes is 1. The van der Waals surface area contributed by atoms with E-state index in [1.165, 1.54) is 5.56 Å². The Kier molecular flexibility index (Phi) is 4.34. The highest BCUT2D eigenvalue weighted by atomic mass is 16.2. The first-order valence-corrected chi connectivity index (χ1v) is 7.84. The molecule has 1 fully saturated rings. The van der Waals surface area contributed by atoms with Gasteiger partial charge < -0.3 is 9.69 Å². The molecular weight excluding hydrogens is 264 g/mol. The molecule has 0 N–H and O–H groups in total. The molecule has 0 aromatic heterocycles. The number of fused-ring (bicyclic) bond motifs is 1. The number of aryl methyl sites for hydroxylation is 1. The lowest BCUT2D eigenvalue weighted by Crippen LogP contribution is -2.46. The maximum Gasteiger partial charge on any atom is 0.241 e. The molecule has 1 atom stereocenters. The Bertz CT molecular complexity index is 529. The molecule has 112 valence electrons. The van der Waals surface area contributed by atoms with Gasteiger partial charge in [0.05, 0.1) is 6.54 Å². The van der Waals surface area contributed by atoms with Crippen molar-refractivity contribution in [3.63, 3.8) is 0 Å². The average Bonchev–Trinajstić information content (AvgIpc) is 2.54. The van der Waals surface area contributed by atoms with Crippen molar-refractivity contribution in [1.82, 2.24) is 4.90 Å². The summed E-state index contributed by atoms with van der Waals surface area (Å²) in [7, 11) is 0. The molecule has 2 heterocycles. The molecule has 1 aromatic carbocycles. The van der Waals surface area contributed by atoms with E-state index in [0.717, 1.165) is 57.3 Å². The summed E-state index contributed by atoms with van der Waals surface area (Å²) >= 11 is 0. The maximum atomic E-state index is 12.6. The molecule has 1 saturated heterocycles. The van der Waals surface area contributed by atoms with E-state index < -0.39 is 0 Å². The monoisotopic (exact) mass is 286 g/mol. The summed E-state index contributed by atoms with van der Waals surface area (Å²) in [6.07, 6.45) is 5.08. The molecule has 2 aliphatic heterocycles. The standard InChI is InChI=1S/C17H22N2O2/c20-13-14-5-3-9-18(11-14)12-17(21)19-10-4-7-15-6-1-2-8-16(15)19/h1-2,6,8,13-14H,3-5,7,9-12H2. The van der Waals surface area contributed by atoms with Gasteiger partial charge in [0.15, 0.2) is 0 Å². The zero-order valence-electron chi connectivity index (χ0n) is 12.3. The summed E-state index contributed by atoms with van der Waals surface area (Å²) in [6, 6.07) is 8.18. The third-order valence-corrected chi connectivity index (χ3v) is 4.50. The number of para-hydroxylation sites is 1. The van der Waals surface area contributed by atoms with Crippen LogP contribution in [0.5, 0.6) is 0 Å². The second-order valence-corrected chi connectivity index (χ2v) is 6.05. The van der Waals surface area contributed by atoms with E-state index in [2.05, 4.69) is 11.0 Å². The van der Waals surface area contributed by atoms with Gasteiger partial charge in [-0.1, -0.05) is 18.2 Å². The summed E-state index contributed by atoms with van der Waals surface area (Å²) in [5, 5.41) is 0. The molecule has 4 nitrogen and oxygen atoms in total. The number of amides is 1. The third-order valence-electron chi connectivity index (χ3n) is 4.50. The fourth-order valence-corrected chi connectivity index (χ4v) is 3.42. The molecule has 1 unspecified atom stereocenters. The second-order valence-electron chi connectivity index (χ2n) is 6.05. The molecule has 2 aliphatic rings. The number of rotatable bonds is 3. The second kappa shape index (κ2) is 6.39. The predicted octanol–water partition coefficient (Wildman–Crippen LogP) is 1.88. The molecule has 1 aromatic rings. The van der Waals surface area contributed by atoms with E-state index in [0.29, 0.717) is 6.54 Å². The number of carbonyl (C=O) groups excluding carboxylic acids is 2. The van der Waals surface area contributed by atoms with Crippen LogP contribution >= 0.6 is 0 Å². The molecule has 21 heavy (non-hydrogen) atoms. The van der Waals surface area contributed by atoms with Crippen molar-refractivity contribution < 1.29 is 9.59 Å². The van der Waals surface area contributed by atoms with Gasteiger partial charge >= 0.3 is 0 Å². The van der Waals surface area contributed by atoms with E-state index in [1.807, 2.05) is 23.1 Å². The first kappa shape index (κ1) is 14.3. The Hall–Kier alpha value is -1.68. The van der Waals surface area contributed by atoms with E-state index in [4.69, 9.17) is 0 Å². The van der Waals surface area contributed by atoms with Gasteiger partial charge in [-0.25, -0.2) is 0 Å². The normalized spacial score (nSPS) is 22.7. The van der Waals surface area contributed by atoms with Crippen LogP contribution in [0.2, 0.25) is 0 Å². The van der Waals surface area contributed by atoms with E-state index in [1.54, 1.807) is 0 Å². The number of hydrogen-bond donors (Lipinski definition) is 0. The Balaban J connectivity index is 1.67. The molecule has 0 radical (unpaired) electrons. The Morgan fingerprint density at radius 3 is 2.95 bits per heavy atom. The topological polar surface area (TPSA) is 40.6 Å². The molecular formula is C17H22N2O2. The minimum absolute atomic E-state index is 0.0974. The fraction of sp³-hybridized carbons (Fsp3) is 0.529. The minimum atomic E-state index is 0.0974. The zero-order chi connectivity index (χ0) is 14.7. The number of piperidine rings is 1. The van der Waals surface area contributed by atoms with Crippen molar-refractivity contribution in [3.8, 4) is 0 Å². The average molecular weight is 286 g/mol. The first-order chi connectivity index (χ1) is 10.3. The number of nitrogens with zero attached hydrogens (tertiary/aromatic N) is 2. The van der Waals surface area contributed by atoms with Crippen LogP contribution in [0.4, 0.5) is 5.69 Å². The Morgan fingerprint density at radius 2 is 2.10 bits per heavy atom. The summed E-state index contributed by atoms with van der Waals surface area (Å²) in [5.41, 5.74) is 2.33. The van der Waals surface area contributed by atoms with E-state index in [9.17, 15) is 9.59 Å². The largest absolute Gasteiger partial charge is 0.311 e. The van der Waals surface area contributed by atoms with Crippen molar-refractivity contribution in [3.05, 3.63) is 29.8 Å². The third kappa shape index (κ3) is 3.16. The number of anilines is 1. The lowest BCUT2D eigenvalue weighted by Gasteiger charge is -2.34. The first-order valence-electron chi connectivity index (χ1n) is 7.84. The smallest absolute Gasteiger partial charge is 0.241 e. The van der Waals surface area contributed by atoms with Crippen molar-refractivity contribution in [2.75, 3.05) is 31.1 Å². The van der Waals surface area contributed by atoms with Crippen LogP contribution in [0, 0.1) is 5.92 Å². The van der Waals surface area contributed by atoms with Gasteiger partial charge in [0.2, 0.25) is 5.91 Å². The maximum absolute atomic E-state index is 12.6. The van der Waals surface area contributed by atoms with E-state index in [-0.39, 0.29) is 11.8 Å². The van der Waals surface area contributed by atoms with Gasteiger partial charge in [-0.05, 0) is 43.9 Å². The quantitative estimate of drug-likeness (QED) is 0.797. The van der Waals surface area contributed by atoms with Crippen LogP contribution in [0.1, 0.15) is 24.8 Å². The van der Waals surface area contributed by atoms with Gasteiger partial charge in [-0.15, -0.1) is 0 Å². The summed E-state index contributed by atoms with van der Waals surface area (Å²) in [6.45, 7) is 2.88. The molecule has 4 heteroatoms. The molecule has 0 spiro atoms. The molecule has 1 amide bonds. The lowest BCUT2D eigenvalue weighted by molar-refractivity contribution is -0.121. The molecule has 3 rings (SSSR count). The van der Waals surface area contributed by atoms with Crippen LogP contribution < -0.4 is 4.90 Å². The van der Waals surface area contributed by atoms with Gasteiger partial charge in [0, 0.05) is 24.7 Å². The van der Waals surface area contributed by atoms with Crippen molar-refractivity contribution in [2.24, 2.45) is 5.92 Å². The lowest BCUT2D eigenvalue weighted by atomic mass is 9.99. The number of carbonyl (C=O) groups is 2. The van der Waals surface area contributed by atoms with Gasteiger partial charge in [0.25, 0.3) is 0 Å². The molecule has 0 aliphatic carbocycles. The van der Waals surface area contributed by atoms with Crippen LogP contribution in [0.25, 0.3) is 0 Å². The number of likely N-dealkylation sites (tertiary alicyclic amines) is 1. The highest BCUT2D eigenvalue weighted by Crippen LogP contribution is 2.27. The van der Waals surface area contributed by atoms with E-state index >= 15 is 0 Å². The van der Waals surface area contributed by atoms with Crippen LogP contribution in [-0.2, 0) is 16.0 Å². The Labute approximate surface area is 125 Å². The van der Waals surface area contributed by atoms with Gasteiger partial charge in [-0.2, -0.15) is 0 Å². The minimum Gasteiger partial charge on any atom is -0.311 e. The van der Waals surface area contributed by atoms with Crippen LogP contribution in [0.3, 0.4) is 0 Å². The van der Waals surface area contributed by atoms with Gasteiger partial charge in [0.1, 0.15) is 6.29 Å². The number of benzene rings is 1. The zero-order valence-corrected chi connectivity index (χ0v) is 12.3. The molecule has 0 bridgehead atoms. The van der Waals surface area contributed by atoms with Crippen molar-refractivity contribution in [1.29, 1.82) is 0 Å². The van der Waals surface area contributed by atoms with Crippen molar-refractivity contribution in [2.45, 2.75) is 25.7 Å². The number of hydrogen-bond acceptors (Lipinski definition) is 3. The predicted molar refractivity (Wildman–Crippen MR) is 82.3 cm³/mol. The van der Waals surface area contributed by atoms with Crippen molar-refractivity contribution >= 4 is 17.9 Å². The highest BCUT2D eigenvalue weighted by Gasteiger charge is 2.26. The Morgan fingerprint density at radius 1 is 1.24 bits per heavy atom. The summed E-state index contributed by atoms with van der Waals surface area (Å²) < 4.78 is 0. The van der Waals surface area contributed by atoms with Crippen LogP contribution in [-0.4, -0.2) is 43.3 Å².